The molecule has 0 saturated heterocycles. The third-order valence-corrected chi connectivity index (χ3v) is 3.73. The minimum atomic E-state index is -3.72. The third-order valence-electron chi connectivity index (χ3n) is 3.73. The first-order valence-corrected chi connectivity index (χ1v) is 9.21. The Labute approximate surface area is 179 Å². The first kappa shape index (κ1) is 24.9. The summed E-state index contributed by atoms with van der Waals surface area (Å²) in [5, 5.41) is 2.28. The van der Waals surface area contributed by atoms with Gasteiger partial charge in [0.15, 0.2) is 6.61 Å². The molecule has 0 fully saturated rings. The minimum absolute atomic E-state index is 0.0246. The van der Waals surface area contributed by atoms with Crippen LogP contribution in [0.25, 0.3) is 0 Å². The number of aromatic nitrogens is 2. The molecule has 8 nitrogen and oxygen atoms in total. The molecule has 1 amide bonds. The predicted octanol–water partition coefficient (Wildman–Crippen LogP) is 3.00. The monoisotopic (exact) mass is 461 g/mol. The van der Waals surface area contributed by atoms with Crippen molar-refractivity contribution >= 4 is 17.4 Å². The van der Waals surface area contributed by atoms with Crippen LogP contribution in [-0.2, 0) is 10.7 Å². The van der Waals surface area contributed by atoms with Gasteiger partial charge in [-0.25, -0.2) is 23.1 Å². The van der Waals surface area contributed by atoms with Crippen molar-refractivity contribution in [3.05, 3.63) is 47.7 Å². The molecule has 0 aliphatic heterocycles. The van der Waals surface area contributed by atoms with Crippen molar-refractivity contribution in [3.63, 3.8) is 0 Å². The highest BCUT2D eigenvalue weighted by Crippen LogP contribution is 2.32. The van der Waals surface area contributed by atoms with E-state index in [2.05, 4.69) is 25.0 Å². The van der Waals surface area contributed by atoms with E-state index >= 15 is 0 Å². The molecule has 1 aromatic carbocycles. The zero-order valence-corrected chi connectivity index (χ0v) is 16.8. The van der Waals surface area contributed by atoms with Crippen molar-refractivity contribution in [2.24, 2.45) is 10.7 Å². The van der Waals surface area contributed by atoms with E-state index in [0.717, 1.165) is 30.6 Å². The van der Waals surface area contributed by atoms with Crippen molar-refractivity contribution in [2.75, 3.05) is 31.7 Å². The Balaban J connectivity index is 2.06. The highest BCUT2D eigenvalue weighted by molar-refractivity contribution is 6.02. The highest BCUT2D eigenvalue weighted by atomic mass is 19.3. The van der Waals surface area contributed by atoms with E-state index in [-0.39, 0.29) is 29.7 Å². The quantitative estimate of drug-likeness (QED) is 0.302. The van der Waals surface area contributed by atoms with Crippen LogP contribution >= 0.6 is 0 Å². The second-order valence-corrected chi connectivity index (χ2v) is 6.25. The van der Waals surface area contributed by atoms with Crippen LogP contribution in [0.5, 0.6) is 5.88 Å². The summed E-state index contributed by atoms with van der Waals surface area (Å²) in [6.45, 7) is -0.339. The molecule has 0 aliphatic rings. The van der Waals surface area contributed by atoms with Gasteiger partial charge >= 0.3 is 0 Å². The van der Waals surface area contributed by atoms with Crippen LogP contribution < -0.4 is 15.8 Å². The lowest BCUT2D eigenvalue weighted by molar-refractivity contribution is -0.0775. The van der Waals surface area contributed by atoms with Gasteiger partial charge in [0.25, 0.3) is 18.3 Å². The van der Waals surface area contributed by atoms with Crippen LogP contribution in [-0.4, -0.2) is 54.5 Å². The van der Waals surface area contributed by atoms with Gasteiger partial charge in [0, 0.05) is 12.2 Å². The number of amides is 1. The lowest BCUT2D eigenvalue weighted by Crippen LogP contribution is -2.27. The fraction of sp³-hybridized carbons (Fsp3) is 0.368. The van der Waals surface area contributed by atoms with Crippen molar-refractivity contribution in [1.82, 2.24) is 9.97 Å². The molecule has 0 aliphatic carbocycles. The summed E-state index contributed by atoms with van der Waals surface area (Å²) in [4.78, 5) is 23.4. The molecule has 1 aromatic heterocycles. The van der Waals surface area contributed by atoms with Gasteiger partial charge in [-0.1, -0.05) is 0 Å². The first-order valence-electron chi connectivity index (χ1n) is 9.21. The fourth-order valence-corrected chi connectivity index (χ4v) is 2.35. The molecule has 0 spiro atoms. The van der Waals surface area contributed by atoms with Crippen LogP contribution in [0, 0.1) is 5.82 Å². The second-order valence-electron chi connectivity index (χ2n) is 6.25. The van der Waals surface area contributed by atoms with Crippen molar-refractivity contribution in [2.45, 2.75) is 19.3 Å². The van der Waals surface area contributed by atoms with Gasteiger partial charge in [-0.15, -0.1) is 0 Å². The van der Waals surface area contributed by atoms with E-state index in [1.807, 2.05) is 0 Å². The lowest BCUT2D eigenvalue weighted by Gasteiger charge is -2.18. The van der Waals surface area contributed by atoms with Crippen LogP contribution in [0.15, 0.2) is 35.6 Å². The summed E-state index contributed by atoms with van der Waals surface area (Å²) in [5.41, 5.74) is 4.08. The predicted molar refractivity (Wildman–Crippen MR) is 105 cm³/mol. The van der Waals surface area contributed by atoms with Crippen LogP contribution in [0.2, 0.25) is 0 Å². The van der Waals surface area contributed by atoms with Crippen LogP contribution in [0.4, 0.5) is 27.6 Å². The smallest absolute Gasteiger partial charge is 0.298 e. The van der Waals surface area contributed by atoms with Gasteiger partial charge < -0.3 is 20.5 Å². The SMILES string of the molecule is CCN=C(N)COCC(F)(F)c1cc(NC(=O)c2cnc(OCC(F)F)cn2)ccc1F. The number of aliphatic imine (C=N–C) groups is 1. The molecule has 2 aromatic rings. The number of halogens is 5. The Morgan fingerprint density at radius 2 is 2.03 bits per heavy atom. The average Bonchev–Trinajstić information content (AvgIpc) is 2.74. The molecular formula is C19H20F5N5O3. The van der Waals surface area contributed by atoms with Gasteiger partial charge in [-0.3, -0.25) is 9.79 Å². The standard InChI is InChI=1S/C19H20F5N5O3/c1-2-26-16(25)9-31-10-19(23,24)12-5-11(3-4-13(12)20)29-18(30)14-6-28-17(7-27-14)32-8-15(21)22/h3-7,15H,2,8-10H2,1H3,(H2,25,26)(H,29,30). The third kappa shape index (κ3) is 7.41. The molecule has 3 N–H and O–H groups in total. The Bertz CT molecular complexity index is 941. The van der Waals surface area contributed by atoms with E-state index < -0.39 is 42.8 Å². The van der Waals surface area contributed by atoms with E-state index in [1.54, 1.807) is 6.92 Å². The minimum Gasteiger partial charge on any atom is -0.470 e. The summed E-state index contributed by atoms with van der Waals surface area (Å²) < 4.78 is 76.5. The normalized spacial score (nSPS) is 12.2. The largest absolute Gasteiger partial charge is 0.470 e. The molecule has 32 heavy (non-hydrogen) atoms. The average molecular weight is 461 g/mol. The number of nitrogens with one attached hydrogen (secondary N) is 1. The number of hydrogen-bond donors (Lipinski definition) is 2. The van der Waals surface area contributed by atoms with E-state index in [9.17, 15) is 26.7 Å². The Kier molecular flexibility index (Phi) is 8.81. The van der Waals surface area contributed by atoms with Crippen LogP contribution in [0.1, 0.15) is 23.0 Å². The van der Waals surface area contributed by atoms with Gasteiger partial charge in [-0.05, 0) is 25.1 Å². The molecule has 0 radical (unpaired) electrons. The molecular weight excluding hydrogens is 441 g/mol. The number of carbonyl (C=O) groups is 1. The van der Waals surface area contributed by atoms with Crippen LogP contribution in [0.3, 0.4) is 0 Å². The van der Waals surface area contributed by atoms with Gasteiger partial charge in [0.2, 0.25) is 5.88 Å². The van der Waals surface area contributed by atoms with Gasteiger partial charge in [-0.2, -0.15) is 8.78 Å². The summed E-state index contributed by atoms with van der Waals surface area (Å²) >= 11 is 0. The number of ether oxygens (including phenoxy) is 2. The maximum atomic E-state index is 14.4. The Morgan fingerprint density at radius 3 is 2.66 bits per heavy atom. The molecule has 1 heterocycles. The maximum absolute atomic E-state index is 14.4. The molecule has 0 unspecified atom stereocenters. The number of nitrogens with zero attached hydrogens (tertiary/aromatic N) is 3. The Morgan fingerprint density at radius 1 is 1.28 bits per heavy atom. The summed E-state index contributed by atoms with van der Waals surface area (Å²) in [6.07, 6.45) is -0.810. The maximum Gasteiger partial charge on any atom is 0.298 e. The Hall–Kier alpha value is -3.35. The number of anilines is 1. The number of benzene rings is 1. The zero-order chi connectivity index (χ0) is 23.7. The summed E-state index contributed by atoms with van der Waals surface area (Å²) in [6, 6.07) is 2.60. The van der Waals surface area contributed by atoms with Crippen molar-refractivity contribution in [3.8, 4) is 5.88 Å². The first-order chi connectivity index (χ1) is 15.1. The number of hydrogen-bond acceptors (Lipinski definition) is 6. The number of alkyl halides is 4. The number of nitrogens with two attached hydrogens (primary N) is 1. The molecule has 174 valence electrons. The summed E-state index contributed by atoms with van der Waals surface area (Å²) in [7, 11) is 0. The molecule has 0 saturated carbocycles. The lowest BCUT2D eigenvalue weighted by atomic mass is 10.1. The van der Waals surface area contributed by atoms with E-state index in [1.165, 1.54) is 0 Å². The number of carbonyl (C=O) groups excluding carboxylic acids is 1. The van der Waals surface area contributed by atoms with Gasteiger partial charge in [0.05, 0.1) is 18.0 Å². The number of rotatable bonds is 11. The number of amidine groups is 1. The van der Waals surface area contributed by atoms with E-state index in [4.69, 9.17) is 10.5 Å². The molecule has 2 rings (SSSR count). The second kappa shape index (κ2) is 11.3. The molecule has 0 bridgehead atoms. The van der Waals surface area contributed by atoms with E-state index in [0.29, 0.717) is 6.54 Å². The van der Waals surface area contributed by atoms with Crippen molar-refractivity contribution < 1.29 is 36.2 Å². The zero-order valence-electron chi connectivity index (χ0n) is 16.8. The summed E-state index contributed by atoms with van der Waals surface area (Å²) in [5.74, 6) is -5.97. The van der Waals surface area contributed by atoms with Gasteiger partial charge in [0.1, 0.15) is 30.6 Å². The molecule has 0 atom stereocenters. The highest BCUT2D eigenvalue weighted by Gasteiger charge is 2.35. The van der Waals surface area contributed by atoms with Crippen molar-refractivity contribution in [1.29, 1.82) is 0 Å². The topological polar surface area (TPSA) is 112 Å². The fourth-order valence-electron chi connectivity index (χ4n) is 2.35. The molecule has 13 heteroatoms.